The third-order valence-electron chi connectivity index (χ3n) is 4.74. The quantitative estimate of drug-likeness (QED) is 0.836. The molecular weight excluding hydrogens is 316 g/mol. The number of imidazole rings is 1. The van der Waals surface area contributed by atoms with Crippen LogP contribution in [0.25, 0.3) is 0 Å². The summed E-state index contributed by atoms with van der Waals surface area (Å²) in [5.74, 6) is 0.739. The molecule has 1 fully saturated rings. The number of likely N-dealkylation sites (tertiary alicyclic amines) is 1. The second-order valence-electron chi connectivity index (χ2n) is 6.71. The largest absolute Gasteiger partial charge is 0.341 e. The highest BCUT2D eigenvalue weighted by molar-refractivity contribution is 5.91. The van der Waals surface area contributed by atoms with Crippen LogP contribution < -0.4 is 0 Å². The van der Waals surface area contributed by atoms with Gasteiger partial charge in [-0.25, -0.2) is 4.98 Å². The monoisotopic (exact) mass is 340 g/mol. The summed E-state index contributed by atoms with van der Waals surface area (Å²) in [4.78, 5) is 32.6. The molecule has 1 aliphatic rings. The number of amides is 2. The molecule has 2 amide bonds. The average molecular weight is 340 g/mol. The Morgan fingerprint density at radius 2 is 2.04 bits per heavy atom. The van der Waals surface area contributed by atoms with Crippen molar-refractivity contribution in [2.45, 2.75) is 19.4 Å². The van der Waals surface area contributed by atoms with E-state index in [0.717, 1.165) is 12.0 Å². The van der Waals surface area contributed by atoms with Crippen molar-refractivity contribution in [3.8, 4) is 0 Å². The lowest BCUT2D eigenvalue weighted by Crippen LogP contribution is -2.32. The highest BCUT2D eigenvalue weighted by Crippen LogP contribution is 2.22. The number of aromatic nitrogens is 2. The molecule has 6 heteroatoms. The van der Waals surface area contributed by atoms with E-state index in [1.807, 2.05) is 44.4 Å². The number of hydrogen-bond donors (Lipinski definition) is 0. The van der Waals surface area contributed by atoms with Crippen molar-refractivity contribution in [3.63, 3.8) is 0 Å². The van der Waals surface area contributed by atoms with Gasteiger partial charge in [-0.1, -0.05) is 30.3 Å². The molecule has 132 valence electrons. The summed E-state index contributed by atoms with van der Waals surface area (Å²) in [5.41, 5.74) is 1.12. The van der Waals surface area contributed by atoms with Crippen LogP contribution in [0.5, 0.6) is 0 Å². The van der Waals surface area contributed by atoms with Crippen LogP contribution in [0.4, 0.5) is 0 Å². The molecule has 1 saturated heterocycles. The number of carbonyl (C=O) groups excluding carboxylic acids is 2. The van der Waals surface area contributed by atoms with Gasteiger partial charge in [0.1, 0.15) is 0 Å². The Bertz CT molecular complexity index is 741. The molecule has 0 spiro atoms. The highest BCUT2D eigenvalue weighted by Gasteiger charge is 2.30. The van der Waals surface area contributed by atoms with Crippen LogP contribution in [0, 0.1) is 5.92 Å². The predicted molar refractivity (Wildman–Crippen MR) is 94.8 cm³/mol. The number of aryl methyl sites for hydroxylation is 1. The van der Waals surface area contributed by atoms with E-state index >= 15 is 0 Å². The molecule has 2 aromatic rings. The second-order valence-corrected chi connectivity index (χ2v) is 6.71. The van der Waals surface area contributed by atoms with Gasteiger partial charge in [-0.2, -0.15) is 0 Å². The van der Waals surface area contributed by atoms with Crippen molar-refractivity contribution >= 4 is 11.8 Å². The lowest BCUT2D eigenvalue weighted by Gasteiger charge is -2.20. The summed E-state index contributed by atoms with van der Waals surface area (Å²) in [5, 5.41) is 0. The van der Waals surface area contributed by atoms with E-state index in [2.05, 4.69) is 4.98 Å². The van der Waals surface area contributed by atoms with Crippen molar-refractivity contribution in [1.29, 1.82) is 0 Å². The molecule has 1 aliphatic heterocycles. The Morgan fingerprint density at radius 1 is 1.28 bits per heavy atom. The zero-order valence-electron chi connectivity index (χ0n) is 14.8. The zero-order valence-corrected chi connectivity index (χ0v) is 14.8. The highest BCUT2D eigenvalue weighted by atomic mass is 16.2. The molecule has 0 saturated carbocycles. The van der Waals surface area contributed by atoms with Crippen LogP contribution in [0.3, 0.4) is 0 Å². The lowest BCUT2D eigenvalue weighted by molar-refractivity contribution is -0.131. The van der Waals surface area contributed by atoms with Crippen molar-refractivity contribution in [1.82, 2.24) is 19.4 Å². The third-order valence-corrected chi connectivity index (χ3v) is 4.74. The molecule has 0 N–H and O–H groups in total. The van der Waals surface area contributed by atoms with Crippen molar-refractivity contribution in [2.24, 2.45) is 13.0 Å². The van der Waals surface area contributed by atoms with Crippen LogP contribution >= 0.6 is 0 Å². The first kappa shape index (κ1) is 17.2. The summed E-state index contributed by atoms with van der Waals surface area (Å²) < 4.78 is 1.73. The van der Waals surface area contributed by atoms with Gasteiger partial charge in [0, 0.05) is 52.5 Å². The Morgan fingerprint density at radius 3 is 2.72 bits per heavy atom. The van der Waals surface area contributed by atoms with Gasteiger partial charge in [-0.05, 0) is 17.9 Å². The first-order chi connectivity index (χ1) is 12.0. The van der Waals surface area contributed by atoms with Gasteiger partial charge in [-0.3, -0.25) is 9.59 Å². The third kappa shape index (κ3) is 4.07. The minimum absolute atomic E-state index is 0.0555. The van der Waals surface area contributed by atoms with Gasteiger partial charge >= 0.3 is 0 Å². The lowest BCUT2D eigenvalue weighted by atomic mass is 10.0. The number of carbonyl (C=O) groups is 2. The van der Waals surface area contributed by atoms with E-state index in [1.165, 1.54) is 0 Å². The Labute approximate surface area is 148 Å². The zero-order chi connectivity index (χ0) is 17.8. The summed E-state index contributed by atoms with van der Waals surface area (Å²) in [6, 6.07) is 9.97. The standard InChI is InChI=1S/C19H24N4O2/c1-21-11-9-20-18(21)19(25)23-10-8-16(14-23)12-17(24)22(2)13-15-6-4-3-5-7-15/h3-7,9,11,16H,8,10,12-14H2,1-2H3. The van der Waals surface area contributed by atoms with Crippen LogP contribution in [-0.4, -0.2) is 51.3 Å². The Kier molecular flexibility index (Phi) is 5.16. The van der Waals surface area contributed by atoms with Crippen molar-refractivity contribution in [3.05, 3.63) is 54.1 Å². The molecule has 1 atom stereocenters. The van der Waals surface area contributed by atoms with Crippen LogP contribution in [0.2, 0.25) is 0 Å². The molecule has 1 aromatic carbocycles. The molecular formula is C19H24N4O2. The minimum Gasteiger partial charge on any atom is -0.341 e. The van der Waals surface area contributed by atoms with Gasteiger partial charge in [0.05, 0.1) is 0 Å². The Balaban J connectivity index is 1.51. The second kappa shape index (κ2) is 7.51. The van der Waals surface area contributed by atoms with Crippen LogP contribution in [-0.2, 0) is 18.4 Å². The van der Waals surface area contributed by atoms with Crippen molar-refractivity contribution in [2.75, 3.05) is 20.1 Å². The minimum atomic E-state index is -0.0555. The molecule has 2 heterocycles. The molecule has 1 unspecified atom stereocenters. The van der Waals surface area contributed by atoms with E-state index in [4.69, 9.17) is 0 Å². The molecule has 6 nitrogen and oxygen atoms in total. The molecule has 0 radical (unpaired) electrons. The van der Waals surface area contributed by atoms with Gasteiger partial charge < -0.3 is 14.4 Å². The average Bonchev–Trinajstić information content (AvgIpc) is 3.24. The molecule has 0 bridgehead atoms. The van der Waals surface area contributed by atoms with Gasteiger partial charge in [0.15, 0.2) is 5.82 Å². The smallest absolute Gasteiger partial charge is 0.289 e. The first-order valence-corrected chi connectivity index (χ1v) is 8.59. The number of nitrogens with zero attached hydrogens (tertiary/aromatic N) is 4. The number of benzene rings is 1. The Hall–Kier alpha value is -2.63. The van der Waals surface area contributed by atoms with Crippen molar-refractivity contribution < 1.29 is 9.59 Å². The summed E-state index contributed by atoms with van der Waals surface area (Å²) in [6.07, 6.45) is 4.74. The fourth-order valence-electron chi connectivity index (χ4n) is 3.25. The van der Waals surface area contributed by atoms with E-state index in [0.29, 0.717) is 31.9 Å². The molecule has 3 rings (SSSR count). The maximum atomic E-state index is 12.5. The van der Waals surface area contributed by atoms with E-state index in [1.54, 1.807) is 26.8 Å². The summed E-state index contributed by atoms with van der Waals surface area (Å²) in [6.45, 7) is 1.92. The maximum absolute atomic E-state index is 12.5. The first-order valence-electron chi connectivity index (χ1n) is 8.59. The molecule has 1 aromatic heterocycles. The SMILES string of the molecule is CN(Cc1ccccc1)C(=O)CC1CCN(C(=O)c2nccn2C)C1. The van der Waals surface area contributed by atoms with Crippen LogP contribution in [0.1, 0.15) is 29.0 Å². The fourth-order valence-corrected chi connectivity index (χ4v) is 3.25. The topological polar surface area (TPSA) is 58.4 Å². The maximum Gasteiger partial charge on any atom is 0.289 e. The van der Waals surface area contributed by atoms with E-state index in [9.17, 15) is 9.59 Å². The predicted octanol–water partition coefficient (Wildman–Crippen LogP) is 1.93. The normalized spacial score (nSPS) is 16.9. The summed E-state index contributed by atoms with van der Waals surface area (Å²) in [7, 11) is 3.65. The number of rotatable bonds is 5. The van der Waals surface area contributed by atoms with Gasteiger partial charge in [-0.15, -0.1) is 0 Å². The fraction of sp³-hybridized carbons (Fsp3) is 0.421. The van der Waals surface area contributed by atoms with Gasteiger partial charge in [0.2, 0.25) is 5.91 Å². The summed E-state index contributed by atoms with van der Waals surface area (Å²) >= 11 is 0. The van der Waals surface area contributed by atoms with Gasteiger partial charge in [0.25, 0.3) is 5.91 Å². The number of hydrogen-bond acceptors (Lipinski definition) is 3. The molecule has 0 aliphatic carbocycles. The molecule has 25 heavy (non-hydrogen) atoms. The van der Waals surface area contributed by atoms with E-state index < -0.39 is 0 Å². The van der Waals surface area contributed by atoms with Crippen LogP contribution in [0.15, 0.2) is 42.7 Å². The van der Waals surface area contributed by atoms with E-state index in [-0.39, 0.29) is 17.7 Å².